The number of ether oxygens (including phenoxy) is 1. The average molecular weight is 502 g/mol. The van der Waals surface area contributed by atoms with E-state index in [2.05, 4.69) is 5.10 Å². The summed E-state index contributed by atoms with van der Waals surface area (Å²) >= 11 is 13.1. The van der Waals surface area contributed by atoms with Crippen molar-refractivity contribution in [2.75, 3.05) is 26.3 Å². The fraction of sp³-hybridized carbons (Fsp3) is 0.478. The number of halogens is 5. The van der Waals surface area contributed by atoms with E-state index in [0.29, 0.717) is 65.0 Å². The van der Waals surface area contributed by atoms with Crippen molar-refractivity contribution in [1.29, 1.82) is 0 Å². The van der Waals surface area contributed by atoms with Crippen LogP contribution in [0.2, 0.25) is 10.0 Å². The third kappa shape index (κ3) is 4.40. The highest BCUT2D eigenvalue weighted by Gasteiger charge is 2.46. The van der Waals surface area contributed by atoms with Crippen LogP contribution in [0, 0.1) is 12.8 Å². The normalized spacial score (nSPS) is 21.1. The standard InChI is InChI=1S/C23H24Cl2F3N3O2/c1-12-10-17(23(26,27)28)13(2)19-14(3)29-31(21(12)19)11-16-18(24)5-4-15(20(16)25)22(32)30-6-8-33-9-7-30/h4-5,10,13,17H,6-9,11H2,1-3H3. The predicted octanol–water partition coefficient (Wildman–Crippen LogP) is 5.72. The Kier molecular flexibility index (Phi) is 6.55. The second kappa shape index (κ2) is 8.96. The fourth-order valence-electron chi connectivity index (χ4n) is 4.72. The number of hydrogen-bond acceptors (Lipinski definition) is 3. The number of carbonyl (C=O) groups excluding carboxylic acids is 1. The zero-order chi connectivity index (χ0) is 24.1. The number of alkyl halides is 3. The van der Waals surface area contributed by atoms with Gasteiger partial charge in [-0.05, 0) is 37.5 Å². The summed E-state index contributed by atoms with van der Waals surface area (Å²) in [4.78, 5) is 14.7. The van der Waals surface area contributed by atoms with Crippen LogP contribution in [0.25, 0.3) is 5.57 Å². The van der Waals surface area contributed by atoms with Gasteiger partial charge in [-0.15, -0.1) is 0 Å². The number of nitrogens with zero attached hydrogens (tertiary/aromatic N) is 3. The van der Waals surface area contributed by atoms with Gasteiger partial charge in [0.2, 0.25) is 0 Å². The number of morpholine rings is 1. The zero-order valence-electron chi connectivity index (χ0n) is 18.5. The number of allylic oxidation sites excluding steroid dienone is 2. The Hall–Kier alpha value is -2.03. The van der Waals surface area contributed by atoms with Crippen LogP contribution in [-0.4, -0.2) is 53.1 Å². The smallest absolute Gasteiger partial charge is 0.378 e. The maximum absolute atomic E-state index is 13.6. The molecule has 2 atom stereocenters. The lowest BCUT2D eigenvalue weighted by molar-refractivity contribution is -0.166. The van der Waals surface area contributed by atoms with Gasteiger partial charge in [-0.25, -0.2) is 0 Å². The first-order valence-corrected chi connectivity index (χ1v) is 11.4. The van der Waals surface area contributed by atoms with Gasteiger partial charge < -0.3 is 9.64 Å². The van der Waals surface area contributed by atoms with Gasteiger partial charge in [-0.2, -0.15) is 18.3 Å². The molecule has 10 heteroatoms. The van der Waals surface area contributed by atoms with Crippen LogP contribution in [0.4, 0.5) is 13.2 Å². The SMILES string of the molecule is CC1=CC(C(F)(F)F)C(C)c2c(C)nn(Cc3c(Cl)ccc(C(=O)N4CCOCC4)c3Cl)c21. The summed E-state index contributed by atoms with van der Waals surface area (Å²) in [5.74, 6) is -2.54. The van der Waals surface area contributed by atoms with Gasteiger partial charge in [0.15, 0.2) is 0 Å². The van der Waals surface area contributed by atoms with Crippen molar-refractivity contribution in [2.24, 2.45) is 5.92 Å². The number of rotatable bonds is 3. The molecule has 1 amide bonds. The van der Waals surface area contributed by atoms with Crippen molar-refractivity contribution in [1.82, 2.24) is 14.7 Å². The second-order valence-corrected chi connectivity index (χ2v) is 9.29. The zero-order valence-corrected chi connectivity index (χ0v) is 20.0. The third-order valence-corrected chi connectivity index (χ3v) is 7.16. The van der Waals surface area contributed by atoms with Crippen LogP contribution < -0.4 is 0 Å². The van der Waals surface area contributed by atoms with Gasteiger partial charge in [-0.1, -0.05) is 36.2 Å². The molecule has 33 heavy (non-hydrogen) atoms. The van der Waals surface area contributed by atoms with Gasteiger partial charge in [0, 0.05) is 29.2 Å². The molecule has 0 radical (unpaired) electrons. The largest absolute Gasteiger partial charge is 0.395 e. The van der Waals surface area contributed by atoms with Crippen molar-refractivity contribution in [3.8, 4) is 0 Å². The van der Waals surface area contributed by atoms with Crippen LogP contribution in [-0.2, 0) is 11.3 Å². The number of aryl methyl sites for hydroxylation is 1. The number of fused-ring (bicyclic) bond motifs is 1. The summed E-state index contributed by atoms with van der Waals surface area (Å²) in [7, 11) is 0. The van der Waals surface area contributed by atoms with Crippen molar-refractivity contribution >= 4 is 34.7 Å². The van der Waals surface area contributed by atoms with Crippen molar-refractivity contribution in [3.05, 3.63) is 56.3 Å². The molecular formula is C23H24Cl2F3N3O2. The fourth-order valence-corrected chi connectivity index (χ4v) is 5.29. The van der Waals surface area contributed by atoms with Gasteiger partial charge >= 0.3 is 6.18 Å². The van der Waals surface area contributed by atoms with E-state index in [1.165, 1.54) is 6.08 Å². The maximum atomic E-state index is 13.6. The molecule has 1 aromatic heterocycles. The molecule has 1 aliphatic carbocycles. The molecule has 1 saturated heterocycles. The van der Waals surface area contributed by atoms with Gasteiger partial charge in [-0.3, -0.25) is 9.48 Å². The lowest BCUT2D eigenvalue weighted by Crippen LogP contribution is -2.40. The number of amides is 1. The van der Waals surface area contributed by atoms with Gasteiger partial charge in [0.05, 0.1) is 47.7 Å². The lowest BCUT2D eigenvalue weighted by Gasteiger charge is -2.29. The Bertz CT molecular complexity index is 1120. The molecule has 178 valence electrons. The van der Waals surface area contributed by atoms with Gasteiger partial charge in [0.25, 0.3) is 5.91 Å². The van der Waals surface area contributed by atoms with Gasteiger partial charge in [0.1, 0.15) is 0 Å². The van der Waals surface area contributed by atoms with Crippen LogP contribution in [0.5, 0.6) is 0 Å². The minimum Gasteiger partial charge on any atom is -0.378 e. The minimum absolute atomic E-state index is 0.132. The molecule has 5 nitrogen and oxygen atoms in total. The van der Waals surface area contributed by atoms with Crippen LogP contribution in [0.15, 0.2) is 18.2 Å². The number of hydrogen-bond donors (Lipinski definition) is 0. The molecule has 2 unspecified atom stereocenters. The summed E-state index contributed by atoms with van der Waals surface area (Å²) in [6.07, 6.45) is -3.08. The molecule has 0 saturated carbocycles. The monoisotopic (exact) mass is 501 g/mol. The first kappa shape index (κ1) is 24.1. The highest BCUT2D eigenvalue weighted by Crippen LogP contribution is 2.46. The van der Waals surface area contributed by atoms with Crippen molar-refractivity contribution < 1.29 is 22.7 Å². The van der Waals surface area contributed by atoms with E-state index in [-0.39, 0.29) is 17.5 Å². The van der Waals surface area contributed by atoms with Crippen LogP contribution in [0.3, 0.4) is 0 Å². The highest BCUT2D eigenvalue weighted by molar-refractivity contribution is 6.38. The van der Waals surface area contributed by atoms with Crippen LogP contribution >= 0.6 is 23.2 Å². The van der Waals surface area contributed by atoms with Crippen molar-refractivity contribution in [2.45, 2.75) is 39.4 Å². The first-order chi connectivity index (χ1) is 15.5. The second-order valence-electron chi connectivity index (χ2n) is 8.50. The molecule has 2 heterocycles. The molecular weight excluding hydrogens is 478 g/mol. The average Bonchev–Trinajstić information content (AvgIpc) is 3.10. The number of aromatic nitrogens is 2. The van der Waals surface area contributed by atoms with E-state index >= 15 is 0 Å². The van der Waals surface area contributed by atoms with E-state index in [9.17, 15) is 18.0 Å². The maximum Gasteiger partial charge on any atom is 0.395 e. The third-order valence-electron chi connectivity index (χ3n) is 6.37. The summed E-state index contributed by atoms with van der Waals surface area (Å²) in [6.45, 7) is 6.94. The Balaban J connectivity index is 1.72. The van der Waals surface area contributed by atoms with Crippen molar-refractivity contribution in [3.63, 3.8) is 0 Å². The molecule has 0 N–H and O–H groups in total. The quantitative estimate of drug-likeness (QED) is 0.540. The van der Waals surface area contributed by atoms with Crippen LogP contribution in [0.1, 0.15) is 52.6 Å². The Morgan fingerprint density at radius 1 is 1.21 bits per heavy atom. The summed E-state index contributed by atoms with van der Waals surface area (Å²) in [5.41, 5.74) is 3.07. The summed E-state index contributed by atoms with van der Waals surface area (Å²) in [6, 6.07) is 3.21. The summed E-state index contributed by atoms with van der Waals surface area (Å²) in [5, 5.41) is 5.11. The lowest BCUT2D eigenvalue weighted by atomic mass is 9.79. The number of carbonyl (C=O) groups is 1. The molecule has 0 spiro atoms. The Morgan fingerprint density at radius 3 is 2.52 bits per heavy atom. The molecule has 4 rings (SSSR count). The van der Waals surface area contributed by atoms with E-state index in [1.54, 1.807) is 42.5 Å². The molecule has 1 fully saturated rings. The molecule has 2 aromatic rings. The highest BCUT2D eigenvalue weighted by atomic mass is 35.5. The molecule has 0 bridgehead atoms. The Morgan fingerprint density at radius 2 is 1.88 bits per heavy atom. The number of benzene rings is 1. The van der Waals surface area contributed by atoms with E-state index in [1.807, 2.05) is 0 Å². The van der Waals surface area contributed by atoms with E-state index in [0.717, 1.165) is 0 Å². The molecule has 2 aliphatic rings. The molecule has 1 aromatic carbocycles. The summed E-state index contributed by atoms with van der Waals surface area (Å²) < 4.78 is 47.7. The minimum atomic E-state index is -4.34. The van der Waals surface area contributed by atoms with E-state index in [4.69, 9.17) is 27.9 Å². The predicted molar refractivity (Wildman–Crippen MR) is 121 cm³/mol. The topological polar surface area (TPSA) is 47.4 Å². The Labute approximate surface area is 200 Å². The molecule has 1 aliphatic heterocycles. The van der Waals surface area contributed by atoms with E-state index < -0.39 is 18.0 Å². The first-order valence-electron chi connectivity index (χ1n) is 10.7.